The van der Waals surface area contributed by atoms with Gasteiger partial charge in [0.05, 0.1) is 11.4 Å². The summed E-state index contributed by atoms with van der Waals surface area (Å²) >= 11 is 0. The van der Waals surface area contributed by atoms with Crippen molar-refractivity contribution in [1.29, 1.82) is 0 Å². The van der Waals surface area contributed by atoms with Crippen molar-refractivity contribution in [1.82, 2.24) is 14.7 Å². The highest BCUT2D eigenvalue weighted by Crippen LogP contribution is 2.34. The molecular weight excluding hydrogens is 294 g/mol. The molecule has 0 fully saturated rings. The Kier molecular flexibility index (Phi) is 3.69. The number of aromatic nitrogens is 2. The molecule has 0 amide bonds. The van der Waals surface area contributed by atoms with Gasteiger partial charge in [-0.05, 0) is 5.56 Å². The van der Waals surface area contributed by atoms with Crippen LogP contribution in [-0.2, 0) is 20.0 Å². The minimum absolute atomic E-state index is 0.895. The zero-order valence-electron chi connectivity index (χ0n) is 14.1. The summed E-state index contributed by atoms with van der Waals surface area (Å²) in [5.41, 5.74) is 7.50. The number of rotatable bonds is 3. The van der Waals surface area contributed by atoms with Gasteiger partial charge in [-0.25, -0.2) is 0 Å². The standard InChI is InChI=1S/C21H21N3/c1-23-14-18(13-16-9-5-3-6-10-16)20-19(15-23)21(24(2)22-20)17-11-7-4-8-12-17/h3-12,14H,13,15H2,1-2H3. The maximum absolute atomic E-state index is 4.86. The Morgan fingerprint density at radius 1 is 0.917 bits per heavy atom. The molecule has 120 valence electrons. The summed E-state index contributed by atoms with van der Waals surface area (Å²) in [7, 11) is 4.18. The van der Waals surface area contributed by atoms with Crippen molar-refractivity contribution in [2.75, 3.05) is 7.05 Å². The smallest absolute Gasteiger partial charge is 0.0957 e. The molecule has 3 aromatic rings. The van der Waals surface area contributed by atoms with Gasteiger partial charge >= 0.3 is 0 Å². The Morgan fingerprint density at radius 3 is 2.29 bits per heavy atom. The van der Waals surface area contributed by atoms with Gasteiger partial charge in [-0.3, -0.25) is 4.68 Å². The van der Waals surface area contributed by atoms with Crippen LogP contribution in [0, 0.1) is 0 Å². The Labute approximate surface area is 142 Å². The molecule has 0 saturated carbocycles. The fourth-order valence-corrected chi connectivity index (χ4v) is 3.50. The molecule has 0 bridgehead atoms. The number of nitrogens with zero attached hydrogens (tertiary/aromatic N) is 3. The maximum Gasteiger partial charge on any atom is 0.0957 e. The molecule has 1 aliphatic heterocycles. The lowest BCUT2D eigenvalue weighted by atomic mass is 9.95. The third-order valence-electron chi connectivity index (χ3n) is 4.52. The van der Waals surface area contributed by atoms with Gasteiger partial charge in [-0.1, -0.05) is 60.7 Å². The number of allylic oxidation sites excluding steroid dienone is 1. The third-order valence-corrected chi connectivity index (χ3v) is 4.52. The van der Waals surface area contributed by atoms with Crippen LogP contribution in [0.1, 0.15) is 16.8 Å². The van der Waals surface area contributed by atoms with Crippen LogP contribution in [0.25, 0.3) is 16.8 Å². The molecule has 1 aliphatic rings. The van der Waals surface area contributed by atoms with Crippen LogP contribution in [-0.4, -0.2) is 21.7 Å². The molecule has 0 atom stereocenters. The van der Waals surface area contributed by atoms with Crippen LogP contribution < -0.4 is 0 Å². The summed E-state index contributed by atoms with van der Waals surface area (Å²) in [6, 6.07) is 21.1. The van der Waals surface area contributed by atoms with Crippen molar-refractivity contribution in [3.63, 3.8) is 0 Å². The molecular formula is C21H21N3. The Hall–Kier alpha value is -2.81. The van der Waals surface area contributed by atoms with Crippen LogP contribution in [0.2, 0.25) is 0 Å². The molecule has 2 heterocycles. The lowest BCUT2D eigenvalue weighted by molar-refractivity contribution is 0.445. The summed E-state index contributed by atoms with van der Waals surface area (Å²) in [6.45, 7) is 0.895. The van der Waals surface area contributed by atoms with E-state index in [-0.39, 0.29) is 0 Å². The largest absolute Gasteiger partial charge is 0.376 e. The maximum atomic E-state index is 4.86. The molecule has 1 aromatic heterocycles. The fraction of sp³-hybridized carbons (Fsp3) is 0.190. The highest BCUT2D eigenvalue weighted by atomic mass is 15.3. The van der Waals surface area contributed by atoms with Crippen LogP contribution in [0.3, 0.4) is 0 Å². The van der Waals surface area contributed by atoms with Crippen molar-refractivity contribution in [3.05, 3.63) is 83.7 Å². The van der Waals surface area contributed by atoms with Gasteiger partial charge in [0.1, 0.15) is 0 Å². The van der Waals surface area contributed by atoms with Gasteiger partial charge in [-0.15, -0.1) is 0 Å². The van der Waals surface area contributed by atoms with Crippen molar-refractivity contribution in [2.45, 2.75) is 13.0 Å². The molecule has 0 spiro atoms. The summed E-state index contributed by atoms with van der Waals surface area (Å²) in [6.07, 6.45) is 3.14. The van der Waals surface area contributed by atoms with Crippen LogP contribution in [0.15, 0.2) is 66.9 Å². The molecule has 0 saturated heterocycles. The van der Waals surface area contributed by atoms with E-state index in [0.29, 0.717) is 0 Å². The van der Waals surface area contributed by atoms with E-state index in [1.807, 2.05) is 11.7 Å². The summed E-state index contributed by atoms with van der Waals surface area (Å²) in [5, 5.41) is 4.86. The molecule has 0 N–H and O–H groups in total. The zero-order chi connectivity index (χ0) is 16.5. The van der Waals surface area contributed by atoms with E-state index in [2.05, 4.69) is 78.8 Å². The number of benzene rings is 2. The highest BCUT2D eigenvalue weighted by molar-refractivity contribution is 5.76. The molecule has 0 unspecified atom stereocenters. The number of aryl methyl sites for hydroxylation is 1. The zero-order valence-corrected chi connectivity index (χ0v) is 14.1. The third kappa shape index (κ3) is 2.62. The van der Waals surface area contributed by atoms with Crippen LogP contribution in [0.5, 0.6) is 0 Å². The lowest BCUT2D eigenvalue weighted by Crippen LogP contribution is -2.17. The first-order valence-electron chi connectivity index (χ1n) is 8.29. The molecule has 2 aromatic carbocycles. The molecule has 0 radical (unpaired) electrons. The van der Waals surface area contributed by atoms with Crippen molar-refractivity contribution in [3.8, 4) is 11.3 Å². The molecule has 3 nitrogen and oxygen atoms in total. The van der Waals surface area contributed by atoms with Gasteiger partial charge in [0.25, 0.3) is 0 Å². The highest BCUT2D eigenvalue weighted by Gasteiger charge is 2.24. The van der Waals surface area contributed by atoms with Crippen molar-refractivity contribution in [2.24, 2.45) is 7.05 Å². The summed E-state index contributed by atoms with van der Waals surface area (Å²) < 4.78 is 2.03. The van der Waals surface area contributed by atoms with Gasteiger partial charge in [0.2, 0.25) is 0 Å². The molecule has 4 rings (SSSR count). The minimum atomic E-state index is 0.895. The topological polar surface area (TPSA) is 21.1 Å². The second-order valence-electron chi connectivity index (χ2n) is 6.40. The van der Waals surface area contributed by atoms with E-state index >= 15 is 0 Å². The van der Waals surface area contributed by atoms with Gasteiger partial charge in [0.15, 0.2) is 0 Å². The van der Waals surface area contributed by atoms with Crippen LogP contribution >= 0.6 is 0 Å². The number of hydrogen-bond acceptors (Lipinski definition) is 2. The average molecular weight is 315 g/mol. The van der Waals surface area contributed by atoms with E-state index in [1.165, 1.54) is 28.0 Å². The van der Waals surface area contributed by atoms with E-state index in [1.54, 1.807) is 0 Å². The predicted molar refractivity (Wildman–Crippen MR) is 98.2 cm³/mol. The Morgan fingerprint density at radius 2 is 1.58 bits per heavy atom. The van der Waals surface area contributed by atoms with Crippen molar-refractivity contribution >= 4 is 5.57 Å². The SMILES string of the molecule is CN1C=C(Cc2ccccc2)c2nn(C)c(-c3ccccc3)c2C1. The monoisotopic (exact) mass is 315 g/mol. The molecule has 24 heavy (non-hydrogen) atoms. The van der Waals surface area contributed by atoms with Gasteiger partial charge in [0, 0.05) is 50.0 Å². The number of hydrogen-bond donors (Lipinski definition) is 0. The van der Waals surface area contributed by atoms with Gasteiger partial charge < -0.3 is 4.90 Å². The fourth-order valence-electron chi connectivity index (χ4n) is 3.50. The quantitative estimate of drug-likeness (QED) is 0.725. The summed E-state index contributed by atoms with van der Waals surface area (Å²) in [5.74, 6) is 0. The second kappa shape index (κ2) is 6.00. The Balaban J connectivity index is 1.79. The van der Waals surface area contributed by atoms with E-state index < -0.39 is 0 Å². The van der Waals surface area contributed by atoms with E-state index in [0.717, 1.165) is 18.7 Å². The van der Waals surface area contributed by atoms with Gasteiger partial charge in [-0.2, -0.15) is 5.10 Å². The lowest BCUT2D eigenvalue weighted by Gasteiger charge is -2.23. The van der Waals surface area contributed by atoms with E-state index in [4.69, 9.17) is 5.10 Å². The second-order valence-corrected chi connectivity index (χ2v) is 6.40. The van der Waals surface area contributed by atoms with Crippen LogP contribution in [0.4, 0.5) is 0 Å². The normalized spacial score (nSPS) is 13.6. The summed E-state index contributed by atoms with van der Waals surface area (Å²) in [4.78, 5) is 2.26. The first-order valence-corrected chi connectivity index (χ1v) is 8.29. The van der Waals surface area contributed by atoms with E-state index in [9.17, 15) is 0 Å². The molecule has 3 heteroatoms. The average Bonchev–Trinajstić information content (AvgIpc) is 2.93. The number of fused-ring (bicyclic) bond motifs is 1. The van der Waals surface area contributed by atoms with Crippen molar-refractivity contribution < 1.29 is 0 Å². The Bertz CT molecular complexity index is 876. The first-order chi connectivity index (χ1) is 11.7. The molecule has 0 aliphatic carbocycles. The minimum Gasteiger partial charge on any atom is -0.376 e. The first kappa shape index (κ1) is 14.8. The predicted octanol–water partition coefficient (Wildman–Crippen LogP) is 4.12.